The lowest BCUT2D eigenvalue weighted by molar-refractivity contribution is 0.724. The van der Waals surface area contributed by atoms with Gasteiger partial charge in [-0.3, -0.25) is 0 Å². The first-order chi connectivity index (χ1) is 5.93. The second-order valence-corrected chi connectivity index (χ2v) is 2.39. The lowest BCUT2D eigenvalue weighted by atomic mass is 10.3. The first-order valence-electron chi connectivity index (χ1n) is 4.00. The molecule has 0 fully saturated rings. The van der Waals surface area contributed by atoms with E-state index >= 15 is 0 Å². The van der Waals surface area contributed by atoms with Crippen LogP contribution in [0, 0.1) is 0 Å². The molecular weight excluding hydrogens is 154 g/mol. The standard InChI is InChI=1S/C7H13N5/c1-2-5-8-6-3-4-7-9-11-12-10-7/h2,5,8H,3-4,6H2,1H3,(H,9,10,11,12). The van der Waals surface area contributed by atoms with Gasteiger partial charge in [-0.25, -0.2) is 0 Å². The highest BCUT2D eigenvalue weighted by molar-refractivity contribution is 4.78. The topological polar surface area (TPSA) is 66.5 Å². The summed E-state index contributed by atoms with van der Waals surface area (Å²) in [6, 6.07) is 0. The molecule has 5 heteroatoms. The van der Waals surface area contributed by atoms with E-state index in [1.54, 1.807) is 0 Å². The van der Waals surface area contributed by atoms with E-state index in [-0.39, 0.29) is 0 Å². The summed E-state index contributed by atoms with van der Waals surface area (Å²) in [5.74, 6) is 0.775. The van der Waals surface area contributed by atoms with E-state index in [1.807, 2.05) is 19.2 Å². The number of allylic oxidation sites excluding steroid dienone is 1. The summed E-state index contributed by atoms with van der Waals surface area (Å²) in [6.45, 7) is 2.92. The van der Waals surface area contributed by atoms with Crippen molar-refractivity contribution >= 4 is 0 Å². The zero-order valence-electron chi connectivity index (χ0n) is 7.12. The van der Waals surface area contributed by atoms with Gasteiger partial charge in [-0.2, -0.15) is 5.21 Å². The molecule has 1 aromatic rings. The zero-order chi connectivity index (χ0) is 8.65. The molecule has 1 heterocycles. The lowest BCUT2D eigenvalue weighted by Gasteiger charge is -1.96. The third-order valence-electron chi connectivity index (χ3n) is 1.40. The Kier molecular flexibility index (Phi) is 3.83. The van der Waals surface area contributed by atoms with Crippen molar-refractivity contribution in [2.24, 2.45) is 0 Å². The fourth-order valence-electron chi connectivity index (χ4n) is 0.838. The molecule has 0 bridgehead atoms. The van der Waals surface area contributed by atoms with Crippen LogP contribution in [-0.4, -0.2) is 27.2 Å². The number of hydrogen-bond acceptors (Lipinski definition) is 4. The van der Waals surface area contributed by atoms with Crippen molar-refractivity contribution in [3.8, 4) is 0 Å². The highest BCUT2D eigenvalue weighted by Gasteiger charge is 1.95. The Bertz CT molecular complexity index is 216. The van der Waals surface area contributed by atoms with E-state index < -0.39 is 0 Å². The average molecular weight is 167 g/mol. The van der Waals surface area contributed by atoms with Gasteiger partial charge in [-0.15, -0.1) is 10.2 Å². The number of H-pyrrole nitrogens is 1. The van der Waals surface area contributed by atoms with Crippen LogP contribution < -0.4 is 5.32 Å². The minimum Gasteiger partial charge on any atom is -0.391 e. The summed E-state index contributed by atoms with van der Waals surface area (Å²) in [5, 5.41) is 16.7. The molecule has 0 aliphatic carbocycles. The van der Waals surface area contributed by atoms with Crippen molar-refractivity contribution in [3.63, 3.8) is 0 Å². The second kappa shape index (κ2) is 5.29. The fraction of sp³-hybridized carbons (Fsp3) is 0.571. The molecule has 0 aromatic carbocycles. The van der Waals surface area contributed by atoms with Gasteiger partial charge in [0.1, 0.15) is 0 Å². The average Bonchev–Trinajstić information content (AvgIpc) is 2.57. The van der Waals surface area contributed by atoms with Crippen LogP contribution in [0.4, 0.5) is 0 Å². The summed E-state index contributed by atoms with van der Waals surface area (Å²) < 4.78 is 0. The lowest BCUT2D eigenvalue weighted by Crippen LogP contribution is -2.07. The molecule has 1 rings (SSSR count). The number of nitrogens with one attached hydrogen (secondary N) is 2. The number of aryl methyl sites for hydroxylation is 1. The summed E-state index contributed by atoms with van der Waals surface area (Å²) in [4.78, 5) is 0. The van der Waals surface area contributed by atoms with Gasteiger partial charge in [0.05, 0.1) is 0 Å². The second-order valence-electron chi connectivity index (χ2n) is 2.39. The van der Waals surface area contributed by atoms with Crippen LogP contribution in [0.2, 0.25) is 0 Å². The van der Waals surface area contributed by atoms with Crippen LogP contribution in [0.15, 0.2) is 12.3 Å². The molecule has 0 saturated carbocycles. The monoisotopic (exact) mass is 167 g/mol. The van der Waals surface area contributed by atoms with E-state index in [1.165, 1.54) is 0 Å². The molecule has 2 N–H and O–H groups in total. The highest BCUT2D eigenvalue weighted by atomic mass is 15.5. The maximum absolute atomic E-state index is 3.84. The van der Waals surface area contributed by atoms with Crippen LogP contribution in [0.3, 0.4) is 0 Å². The number of aromatic amines is 1. The van der Waals surface area contributed by atoms with Crippen molar-refractivity contribution in [1.82, 2.24) is 25.9 Å². The van der Waals surface area contributed by atoms with Gasteiger partial charge in [0.2, 0.25) is 0 Å². The predicted molar refractivity (Wildman–Crippen MR) is 45.3 cm³/mol. The Morgan fingerprint density at radius 3 is 3.17 bits per heavy atom. The Hall–Kier alpha value is -1.39. The number of rotatable bonds is 5. The van der Waals surface area contributed by atoms with E-state index in [9.17, 15) is 0 Å². The molecule has 1 aromatic heterocycles. The van der Waals surface area contributed by atoms with Crippen molar-refractivity contribution in [2.75, 3.05) is 6.54 Å². The van der Waals surface area contributed by atoms with Crippen LogP contribution in [0.25, 0.3) is 0 Å². The molecular formula is C7H13N5. The van der Waals surface area contributed by atoms with Crippen molar-refractivity contribution in [1.29, 1.82) is 0 Å². The maximum Gasteiger partial charge on any atom is 0.174 e. The minimum absolute atomic E-state index is 0.775. The molecule has 0 amide bonds. The summed E-state index contributed by atoms with van der Waals surface area (Å²) in [7, 11) is 0. The molecule has 0 saturated heterocycles. The van der Waals surface area contributed by atoms with Gasteiger partial charge in [-0.1, -0.05) is 11.3 Å². The van der Waals surface area contributed by atoms with Gasteiger partial charge in [0, 0.05) is 13.0 Å². The van der Waals surface area contributed by atoms with Crippen LogP contribution in [0.1, 0.15) is 19.2 Å². The number of nitrogens with zero attached hydrogens (tertiary/aromatic N) is 3. The Labute approximate surface area is 71.3 Å². The largest absolute Gasteiger partial charge is 0.391 e. The van der Waals surface area contributed by atoms with Gasteiger partial charge in [0.25, 0.3) is 0 Å². The Morgan fingerprint density at radius 2 is 2.50 bits per heavy atom. The molecule has 0 unspecified atom stereocenters. The van der Waals surface area contributed by atoms with Gasteiger partial charge in [-0.05, 0) is 19.5 Å². The molecule has 0 aliphatic rings. The van der Waals surface area contributed by atoms with E-state index in [2.05, 4.69) is 25.9 Å². The minimum atomic E-state index is 0.775. The summed E-state index contributed by atoms with van der Waals surface area (Å²) in [5.41, 5.74) is 0. The molecule has 66 valence electrons. The SMILES string of the molecule is CC=CNCCCc1nn[nH]n1. The number of tetrazole rings is 1. The van der Waals surface area contributed by atoms with Crippen LogP contribution in [0.5, 0.6) is 0 Å². The van der Waals surface area contributed by atoms with E-state index in [0.717, 1.165) is 25.2 Å². The van der Waals surface area contributed by atoms with Gasteiger partial charge in [0.15, 0.2) is 5.82 Å². The van der Waals surface area contributed by atoms with Crippen molar-refractivity contribution in [3.05, 3.63) is 18.1 Å². The molecule has 5 nitrogen and oxygen atoms in total. The summed E-state index contributed by atoms with van der Waals surface area (Å²) >= 11 is 0. The zero-order valence-corrected chi connectivity index (χ0v) is 7.12. The number of aromatic nitrogens is 4. The first kappa shape index (κ1) is 8.70. The third-order valence-corrected chi connectivity index (χ3v) is 1.40. The predicted octanol–water partition coefficient (Wildman–Crippen LogP) is 0.255. The molecule has 0 spiro atoms. The molecule has 0 radical (unpaired) electrons. The van der Waals surface area contributed by atoms with Crippen molar-refractivity contribution < 1.29 is 0 Å². The smallest absolute Gasteiger partial charge is 0.174 e. The van der Waals surface area contributed by atoms with Gasteiger partial charge < -0.3 is 5.32 Å². The fourth-order valence-corrected chi connectivity index (χ4v) is 0.838. The van der Waals surface area contributed by atoms with Crippen molar-refractivity contribution in [2.45, 2.75) is 19.8 Å². The Balaban J connectivity index is 2.03. The van der Waals surface area contributed by atoms with Gasteiger partial charge >= 0.3 is 0 Å². The normalized spacial score (nSPS) is 10.8. The maximum atomic E-state index is 3.84. The number of hydrogen-bond donors (Lipinski definition) is 2. The first-order valence-corrected chi connectivity index (χ1v) is 4.00. The van der Waals surface area contributed by atoms with Crippen LogP contribution in [-0.2, 0) is 6.42 Å². The summed E-state index contributed by atoms with van der Waals surface area (Å²) in [6.07, 6.45) is 5.77. The van der Waals surface area contributed by atoms with Crippen LogP contribution >= 0.6 is 0 Å². The third kappa shape index (κ3) is 3.14. The molecule has 0 aliphatic heterocycles. The van der Waals surface area contributed by atoms with E-state index in [4.69, 9.17) is 0 Å². The Morgan fingerprint density at radius 1 is 1.58 bits per heavy atom. The molecule has 12 heavy (non-hydrogen) atoms. The highest BCUT2D eigenvalue weighted by Crippen LogP contribution is 1.89. The molecule has 0 atom stereocenters. The van der Waals surface area contributed by atoms with E-state index in [0.29, 0.717) is 0 Å². The quantitative estimate of drug-likeness (QED) is 0.617.